The quantitative estimate of drug-likeness (QED) is 0.541. The molecule has 0 aliphatic rings. The van der Waals surface area contributed by atoms with Crippen LogP contribution in [0.15, 0.2) is 54.1 Å². The molecule has 5 nitrogen and oxygen atoms in total. The summed E-state index contributed by atoms with van der Waals surface area (Å²) < 4.78 is 7.50. The third kappa shape index (κ3) is 3.70. The molecule has 0 fully saturated rings. The first-order valence-electron chi connectivity index (χ1n) is 8.75. The lowest BCUT2D eigenvalue weighted by Gasteiger charge is -2.07. The molecule has 0 saturated carbocycles. The Morgan fingerprint density at radius 1 is 1.26 bits per heavy atom. The standard InChI is InChI=1S/C22H21N3O2/c1-4-27-18-9-7-8-17(13-18)24-22(26)16(14-23)12-20-15(2)25(3)21-11-6-5-10-19(20)21/h5-13H,4H2,1-3H3,(H,24,26)/b16-12-. The molecule has 1 heterocycles. The number of amides is 1. The normalized spacial score (nSPS) is 11.3. The van der Waals surface area contributed by atoms with E-state index in [9.17, 15) is 10.1 Å². The van der Waals surface area contributed by atoms with Gasteiger partial charge in [-0.15, -0.1) is 0 Å². The molecule has 3 rings (SSSR count). The predicted molar refractivity (Wildman–Crippen MR) is 107 cm³/mol. The Balaban J connectivity index is 1.94. The summed E-state index contributed by atoms with van der Waals surface area (Å²) in [5.41, 5.74) is 3.57. The summed E-state index contributed by atoms with van der Waals surface area (Å²) in [7, 11) is 1.97. The minimum atomic E-state index is -0.446. The minimum Gasteiger partial charge on any atom is -0.494 e. The molecular weight excluding hydrogens is 338 g/mol. The second kappa shape index (κ2) is 7.79. The van der Waals surface area contributed by atoms with E-state index in [4.69, 9.17) is 4.74 Å². The van der Waals surface area contributed by atoms with Crippen molar-refractivity contribution >= 4 is 28.6 Å². The Kier molecular flexibility index (Phi) is 5.28. The van der Waals surface area contributed by atoms with Gasteiger partial charge in [-0.1, -0.05) is 24.3 Å². The minimum absolute atomic E-state index is 0.0521. The van der Waals surface area contributed by atoms with Crippen LogP contribution in [-0.4, -0.2) is 17.1 Å². The lowest BCUT2D eigenvalue weighted by atomic mass is 10.1. The van der Waals surface area contributed by atoms with Gasteiger partial charge in [0.2, 0.25) is 0 Å². The summed E-state index contributed by atoms with van der Waals surface area (Å²) in [6.07, 6.45) is 1.65. The first-order valence-corrected chi connectivity index (χ1v) is 8.75. The molecule has 1 N–H and O–H groups in total. The molecule has 2 aromatic carbocycles. The number of aromatic nitrogens is 1. The summed E-state index contributed by atoms with van der Waals surface area (Å²) in [6.45, 7) is 4.42. The third-order valence-corrected chi connectivity index (χ3v) is 4.51. The van der Waals surface area contributed by atoms with Gasteiger partial charge in [-0.3, -0.25) is 4.79 Å². The van der Waals surface area contributed by atoms with Crippen LogP contribution in [0.1, 0.15) is 18.2 Å². The van der Waals surface area contributed by atoms with Gasteiger partial charge in [0, 0.05) is 41.0 Å². The second-order valence-electron chi connectivity index (χ2n) is 6.16. The van der Waals surface area contributed by atoms with Crippen molar-refractivity contribution in [1.82, 2.24) is 4.57 Å². The molecule has 1 aromatic heterocycles. The molecule has 0 aliphatic carbocycles. The van der Waals surface area contributed by atoms with E-state index in [-0.39, 0.29) is 5.57 Å². The zero-order chi connectivity index (χ0) is 19.4. The second-order valence-corrected chi connectivity index (χ2v) is 6.16. The van der Waals surface area contributed by atoms with Gasteiger partial charge in [0.1, 0.15) is 17.4 Å². The van der Waals surface area contributed by atoms with Gasteiger partial charge in [-0.2, -0.15) is 5.26 Å². The van der Waals surface area contributed by atoms with Crippen LogP contribution in [0.5, 0.6) is 5.75 Å². The number of nitrogens with one attached hydrogen (secondary N) is 1. The highest BCUT2D eigenvalue weighted by Gasteiger charge is 2.14. The van der Waals surface area contributed by atoms with Crippen LogP contribution in [0.2, 0.25) is 0 Å². The first-order chi connectivity index (χ1) is 13.0. The van der Waals surface area contributed by atoms with Crippen molar-refractivity contribution < 1.29 is 9.53 Å². The SMILES string of the molecule is CCOc1cccc(NC(=O)/C(C#N)=C\c2c(C)n(C)c3ccccc23)c1. The largest absolute Gasteiger partial charge is 0.494 e. The lowest BCUT2D eigenvalue weighted by Crippen LogP contribution is -2.13. The maximum Gasteiger partial charge on any atom is 0.266 e. The van der Waals surface area contributed by atoms with Gasteiger partial charge in [0.05, 0.1) is 6.61 Å². The lowest BCUT2D eigenvalue weighted by molar-refractivity contribution is -0.112. The van der Waals surface area contributed by atoms with Crippen LogP contribution in [0.25, 0.3) is 17.0 Å². The van der Waals surface area contributed by atoms with Gasteiger partial charge in [0.15, 0.2) is 0 Å². The number of nitrogens with zero attached hydrogens (tertiary/aromatic N) is 2. The van der Waals surface area contributed by atoms with Crippen molar-refractivity contribution in [2.45, 2.75) is 13.8 Å². The molecule has 3 aromatic rings. The van der Waals surface area contributed by atoms with E-state index in [1.165, 1.54) is 0 Å². The van der Waals surface area contributed by atoms with E-state index < -0.39 is 5.91 Å². The monoisotopic (exact) mass is 359 g/mol. The molecule has 136 valence electrons. The molecule has 0 spiro atoms. The van der Waals surface area contributed by atoms with Crippen molar-refractivity contribution in [3.05, 3.63) is 65.4 Å². The number of hydrogen-bond acceptors (Lipinski definition) is 3. The zero-order valence-corrected chi connectivity index (χ0v) is 15.6. The number of aryl methyl sites for hydroxylation is 1. The average Bonchev–Trinajstić information content (AvgIpc) is 2.91. The summed E-state index contributed by atoms with van der Waals surface area (Å²) >= 11 is 0. The van der Waals surface area contributed by atoms with Crippen molar-refractivity contribution in [1.29, 1.82) is 5.26 Å². The van der Waals surface area contributed by atoms with Crippen molar-refractivity contribution in [2.75, 3.05) is 11.9 Å². The maximum absolute atomic E-state index is 12.6. The molecule has 27 heavy (non-hydrogen) atoms. The molecule has 0 atom stereocenters. The third-order valence-electron chi connectivity index (χ3n) is 4.51. The number of carbonyl (C=O) groups excluding carboxylic acids is 1. The number of carbonyl (C=O) groups is 1. The van der Waals surface area contributed by atoms with E-state index in [1.54, 1.807) is 24.3 Å². The van der Waals surface area contributed by atoms with Crippen LogP contribution in [0, 0.1) is 18.3 Å². The molecule has 0 aliphatic heterocycles. The summed E-state index contributed by atoms with van der Waals surface area (Å²) in [5, 5.41) is 13.3. The molecule has 0 unspecified atom stereocenters. The topological polar surface area (TPSA) is 67.0 Å². The number of anilines is 1. The van der Waals surface area contributed by atoms with E-state index >= 15 is 0 Å². The van der Waals surface area contributed by atoms with Crippen molar-refractivity contribution in [2.24, 2.45) is 7.05 Å². The maximum atomic E-state index is 12.6. The van der Waals surface area contributed by atoms with E-state index in [0.717, 1.165) is 22.2 Å². The van der Waals surface area contributed by atoms with Crippen molar-refractivity contribution in [3.63, 3.8) is 0 Å². The Bertz CT molecular complexity index is 1070. The Morgan fingerprint density at radius 2 is 2.04 bits per heavy atom. The average molecular weight is 359 g/mol. The van der Waals surface area contributed by atoms with Gasteiger partial charge in [0.25, 0.3) is 5.91 Å². The van der Waals surface area contributed by atoms with Crippen LogP contribution in [-0.2, 0) is 11.8 Å². The molecular formula is C22H21N3O2. The van der Waals surface area contributed by atoms with Gasteiger partial charge >= 0.3 is 0 Å². The fourth-order valence-corrected chi connectivity index (χ4v) is 3.05. The van der Waals surface area contributed by atoms with Crippen LogP contribution < -0.4 is 10.1 Å². The molecule has 1 amide bonds. The van der Waals surface area contributed by atoms with Gasteiger partial charge in [-0.25, -0.2) is 0 Å². The summed E-state index contributed by atoms with van der Waals surface area (Å²) in [4.78, 5) is 12.6. The van der Waals surface area contributed by atoms with Crippen LogP contribution in [0.4, 0.5) is 5.69 Å². The first kappa shape index (κ1) is 18.3. The van der Waals surface area contributed by atoms with Gasteiger partial charge in [-0.05, 0) is 38.1 Å². The van der Waals surface area contributed by atoms with E-state index in [2.05, 4.69) is 9.88 Å². The number of benzene rings is 2. The van der Waals surface area contributed by atoms with Crippen LogP contribution in [0.3, 0.4) is 0 Å². The smallest absolute Gasteiger partial charge is 0.266 e. The fourth-order valence-electron chi connectivity index (χ4n) is 3.05. The summed E-state index contributed by atoms with van der Waals surface area (Å²) in [6, 6.07) is 17.1. The Hall–Kier alpha value is -3.52. The fraction of sp³-hybridized carbons (Fsp3) is 0.182. The molecule has 5 heteroatoms. The number of nitriles is 1. The number of ether oxygens (including phenoxy) is 1. The van der Waals surface area contributed by atoms with Crippen LogP contribution >= 0.6 is 0 Å². The summed E-state index contributed by atoms with van der Waals surface area (Å²) in [5.74, 6) is 0.223. The number of rotatable bonds is 5. The van der Waals surface area contributed by atoms with Gasteiger partial charge < -0.3 is 14.6 Å². The highest BCUT2D eigenvalue weighted by atomic mass is 16.5. The molecule has 0 radical (unpaired) electrons. The van der Waals surface area contributed by atoms with Crippen molar-refractivity contribution in [3.8, 4) is 11.8 Å². The van der Waals surface area contributed by atoms with E-state index in [1.807, 2.05) is 57.3 Å². The molecule has 0 saturated heterocycles. The Morgan fingerprint density at radius 3 is 2.78 bits per heavy atom. The van der Waals surface area contributed by atoms with E-state index in [0.29, 0.717) is 18.0 Å². The number of para-hydroxylation sites is 1. The number of hydrogen-bond donors (Lipinski definition) is 1. The zero-order valence-electron chi connectivity index (χ0n) is 15.6. The highest BCUT2D eigenvalue weighted by Crippen LogP contribution is 2.27. The number of fused-ring (bicyclic) bond motifs is 1. The molecule has 0 bridgehead atoms. The predicted octanol–water partition coefficient (Wildman–Crippen LogP) is 4.43. The Labute approximate surface area is 158 Å². The highest BCUT2D eigenvalue weighted by molar-refractivity contribution is 6.11.